The Morgan fingerprint density at radius 3 is 2.35 bits per heavy atom. The molecule has 1 rings (SSSR count). The summed E-state index contributed by atoms with van der Waals surface area (Å²) < 4.78 is 11.5. The summed E-state index contributed by atoms with van der Waals surface area (Å²) in [5, 5.41) is 10.3. The van der Waals surface area contributed by atoms with Gasteiger partial charge in [-0.1, -0.05) is 27.7 Å². The Balaban J connectivity index is 3.08. The van der Waals surface area contributed by atoms with E-state index in [1.807, 2.05) is 6.92 Å². The molecule has 1 unspecified atom stereocenters. The van der Waals surface area contributed by atoms with Crippen LogP contribution in [-0.2, 0) is 11.0 Å². The lowest BCUT2D eigenvalue weighted by molar-refractivity contribution is 0.0703. The number of carbonyl (C=O) groups is 1. The third-order valence-corrected chi connectivity index (χ3v) is 5.11. The number of hydrogen-bond acceptors (Lipinski definition) is 3. The average molecular weight is 320 g/mol. The van der Waals surface area contributed by atoms with Crippen molar-refractivity contribution >= 4 is 30.2 Å². The minimum Gasteiger partial charge on any atom is -0.477 e. The third-order valence-electron chi connectivity index (χ3n) is 2.85. The zero-order valence-corrected chi connectivity index (χ0v) is 13.8. The molecule has 5 nitrogen and oxygen atoms in total. The van der Waals surface area contributed by atoms with Gasteiger partial charge in [-0.2, -0.15) is 0 Å². The van der Waals surface area contributed by atoms with Crippen LogP contribution in [0.5, 0.6) is 0 Å². The van der Waals surface area contributed by atoms with Gasteiger partial charge in [0, 0.05) is 0 Å². The second kappa shape index (κ2) is 5.98. The summed E-state index contributed by atoms with van der Waals surface area (Å²) in [5.74, 6) is -1.07. The quantitative estimate of drug-likeness (QED) is 0.725. The summed E-state index contributed by atoms with van der Waals surface area (Å²) in [6.07, 6.45) is 1.37. The second-order valence-electron chi connectivity index (χ2n) is 6.36. The molecule has 0 spiro atoms. The predicted octanol–water partition coefficient (Wildman–Crippen LogP) is 2.86. The topological polar surface area (TPSA) is 94.8 Å². The van der Waals surface area contributed by atoms with Crippen LogP contribution in [-0.4, -0.2) is 20.9 Å². The fourth-order valence-electron chi connectivity index (χ4n) is 2.50. The molecule has 0 aliphatic carbocycles. The van der Waals surface area contributed by atoms with E-state index in [1.54, 1.807) is 5.38 Å². The molecule has 0 fully saturated rings. The molecule has 1 atom stereocenters. The molecule has 1 aromatic rings. The van der Waals surface area contributed by atoms with Crippen molar-refractivity contribution in [2.24, 2.45) is 11.3 Å². The van der Waals surface area contributed by atoms with Crippen molar-refractivity contribution in [1.29, 1.82) is 0 Å². The third kappa shape index (κ3) is 4.70. The van der Waals surface area contributed by atoms with Crippen molar-refractivity contribution < 1.29 is 24.3 Å². The lowest BCUT2D eigenvalue weighted by atomic mass is 9.83. The lowest BCUT2D eigenvalue weighted by Gasteiger charge is -2.23. The smallest absolute Gasteiger partial charge is 0.358 e. The minimum absolute atomic E-state index is 0.118. The summed E-state index contributed by atoms with van der Waals surface area (Å²) >= 11 is 0.879. The van der Waals surface area contributed by atoms with Gasteiger partial charge in [-0.15, -0.1) is 11.3 Å². The number of rotatable bonds is 5. The molecular weight excluding hydrogens is 299 g/mol. The van der Waals surface area contributed by atoms with Crippen LogP contribution < -0.4 is 5.30 Å². The van der Waals surface area contributed by atoms with Crippen LogP contribution in [0.25, 0.3) is 0 Å². The van der Waals surface area contributed by atoms with Gasteiger partial charge in [0.2, 0.25) is 0 Å². The fraction of sp³-hybridized carbons (Fsp3) is 0.615. The van der Waals surface area contributed by atoms with Crippen molar-refractivity contribution in [3.8, 4) is 0 Å². The maximum atomic E-state index is 11.5. The number of carboxylic acid groups (broad SMARTS) is 1. The van der Waals surface area contributed by atoms with Crippen molar-refractivity contribution in [2.45, 2.75) is 40.5 Å². The monoisotopic (exact) mass is 320 g/mol. The zero-order chi connectivity index (χ0) is 15.7. The van der Waals surface area contributed by atoms with Crippen molar-refractivity contribution in [3.63, 3.8) is 0 Å². The molecule has 0 bridgehead atoms. The summed E-state index contributed by atoms with van der Waals surface area (Å²) in [6, 6.07) is 0. The summed E-state index contributed by atoms with van der Waals surface area (Å²) in [6.45, 7) is 8.31. The Hall–Kier alpha value is -0.680. The molecule has 0 radical (unpaired) electrons. The summed E-state index contributed by atoms with van der Waals surface area (Å²) in [7, 11) is -4.58. The molecule has 20 heavy (non-hydrogen) atoms. The van der Waals surface area contributed by atoms with E-state index < -0.39 is 13.6 Å². The highest BCUT2D eigenvalue weighted by molar-refractivity contribution is 7.61. The van der Waals surface area contributed by atoms with Crippen molar-refractivity contribution in [2.75, 3.05) is 0 Å². The Bertz CT molecular complexity index is 537. The van der Waals surface area contributed by atoms with Crippen LogP contribution in [0.3, 0.4) is 0 Å². The van der Waals surface area contributed by atoms with Crippen molar-refractivity contribution in [1.82, 2.24) is 0 Å². The zero-order valence-electron chi connectivity index (χ0n) is 12.1. The molecule has 3 N–H and O–H groups in total. The summed E-state index contributed by atoms with van der Waals surface area (Å²) in [5.41, 5.74) is 0.574. The Kier molecular flexibility index (Phi) is 5.19. The Morgan fingerprint density at radius 2 is 1.95 bits per heavy atom. The van der Waals surface area contributed by atoms with Gasteiger partial charge in [-0.05, 0) is 35.1 Å². The minimum atomic E-state index is -4.58. The number of aromatic carboxylic acids is 1. The van der Waals surface area contributed by atoms with Crippen molar-refractivity contribution in [3.05, 3.63) is 15.8 Å². The first kappa shape index (κ1) is 17.4. The van der Waals surface area contributed by atoms with E-state index in [-0.39, 0.29) is 21.5 Å². The molecule has 0 aliphatic heterocycles. The van der Waals surface area contributed by atoms with Crippen LogP contribution in [0.15, 0.2) is 5.38 Å². The molecule has 0 aliphatic rings. The molecule has 0 aromatic carbocycles. The first-order valence-electron chi connectivity index (χ1n) is 6.31. The Labute approximate surface area is 122 Å². The van der Waals surface area contributed by atoms with Gasteiger partial charge in [0.05, 0.1) is 5.30 Å². The maximum absolute atomic E-state index is 11.5. The molecule has 1 aromatic heterocycles. The van der Waals surface area contributed by atoms with Crippen LogP contribution in [0.1, 0.15) is 49.4 Å². The highest BCUT2D eigenvalue weighted by atomic mass is 32.1. The summed E-state index contributed by atoms with van der Waals surface area (Å²) in [4.78, 5) is 29.6. The largest absolute Gasteiger partial charge is 0.477 e. The van der Waals surface area contributed by atoms with E-state index in [4.69, 9.17) is 5.11 Å². The van der Waals surface area contributed by atoms with Gasteiger partial charge < -0.3 is 14.9 Å². The van der Waals surface area contributed by atoms with E-state index in [0.717, 1.165) is 17.8 Å². The van der Waals surface area contributed by atoms with Crippen LogP contribution in [0.4, 0.5) is 0 Å². The number of hydrogen-bond donors (Lipinski definition) is 3. The SMILES string of the molecule is CC(Cc1csc(C(=O)O)c1P(=O)(O)O)CC(C)(C)C. The number of carboxylic acids is 1. The number of thiophene rings is 1. The van der Waals surface area contributed by atoms with E-state index >= 15 is 0 Å². The first-order chi connectivity index (χ1) is 8.92. The van der Waals surface area contributed by atoms with Crippen LogP contribution in [0, 0.1) is 11.3 Å². The molecule has 0 saturated carbocycles. The standard InChI is InChI=1S/C13H21O5PS/c1-8(6-13(2,3)4)5-9-7-20-11(12(14)15)10(9)19(16,17)18/h7-8H,5-6H2,1-4H3,(H,14,15)(H2,16,17,18). The molecule has 0 amide bonds. The highest BCUT2D eigenvalue weighted by Crippen LogP contribution is 2.39. The first-order valence-corrected chi connectivity index (χ1v) is 8.81. The van der Waals surface area contributed by atoms with Crippen LogP contribution >= 0.6 is 18.9 Å². The van der Waals surface area contributed by atoms with Gasteiger partial charge in [-0.25, -0.2) is 4.79 Å². The van der Waals surface area contributed by atoms with Gasteiger partial charge in [0.25, 0.3) is 0 Å². The molecule has 114 valence electrons. The molecule has 0 saturated heterocycles. The lowest BCUT2D eigenvalue weighted by Crippen LogP contribution is -2.19. The van der Waals surface area contributed by atoms with Gasteiger partial charge in [0.1, 0.15) is 4.88 Å². The van der Waals surface area contributed by atoms with Gasteiger partial charge in [-0.3, -0.25) is 4.57 Å². The second-order valence-corrected chi connectivity index (χ2v) is 8.78. The predicted molar refractivity (Wildman–Crippen MR) is 79.9 cm³/mol. The molecule has 1 heterocycles. The molecule has 7 heteroatoms. The maximum Gasteiger partial charge on any atom is 0.358 e. The van der Waals surface area contributed by atoms with E-state index in [9.17, 15) is 19.1 Å². The van der Waals surface area contributed by atoms with E-state index in [0.29, 0.717) is 12.0 Å². The van der Waals surface area contributed by atoms with E-state index in [2.05, 4.69) is 20.8 Å². The fourth-order valence-corrected chi connectivity index (χ4v) is 4.81. The molecular formula is C13H21O5PS. The van der Waals surface area contributed by atoms with Crippen LogP contribution in [0.2, 0.25) is 0 Å². The van der Waals surface area contributed by atoms with Gasteiger partial charge in [0.15, 0.2) is 0 Å². The Morgan fingerprint density at radius 1 is 1.40 bits per heavy atom. The average Bonchev–Trinajstić information content (AvgIpc) is 2.57. The van der Waals surface area contributed by atoms with E-state index in [1.165, 1.54) is 0 Å². The highest BCUT2D eigenvalue weighted by Gasteiger charge is 2.31. The normalized spacial score (nSPS) is 14.3. The van der Waals surface area contributed by atoms with Gasteiger partial charge >= 0.3 is 13.6 Å².